The van der Waals surface area contributed by atoms with Crippen LogP contribution in [-0.4, -0.2) is 40.2 Å². The zero-order chi connectivity index (χ0) is 13.7. The number of fused-ring (bicyclic) bond motifs is 1. The number of amides is 2. The van der Waals surface area contributed by atoms with Crippen molar-refractivity contribution in [3.05, 3.63) is 18.2 Å². The molecule has 0 spiro atoms. The molecule has 1 aliphatic heterocycles. The number of aryl methyl sites for hydroxylation is 1. The Morgan fingerprint density at radius 2 is 2.47 bits per heavy atom. The molecule has 106 valence electrons. The van der Waals surface area contributed by atoms with Crippen LogP contribution in [0, 0.1) is 5.92 Å². The van der Waals surface area contributed by atoms with Gasteiger partial charge in [0.1, 0.15) is 5.82 Å². The maximum absolute atomic E-state index is 11.7. The van der Waals surface area contributed by atoms with Crippen molar-refractivity contribution in [1.29, 1.82) is 0 Å². The van der Waals surface area contributed by atoms with Crippen molar-refractivity contribution in [2.75, 3.05) is 19.3 Å². The van der Waals surface area contributed by atoms with E-state index in [2.05, 4.69) is 33.4 Å². The van der Waals surface area contributed by atoms with Crippen LogP contribution in [0.15, 0.2) is 12.4 Å². The maximum Gasteiger partial charge on any atom is 0.314 e. The Morgan fingerprint density at radius 3 is 3.26 bits per heavy atom. The molecule has 1 aliphatic rings. The number of urea groups is 1. The van der Waals surface area contributed by atoms with Crippen molar-refractivity contribution in [1.82, 2.24) is 20.2 Å². The Morgan fingerprint density at radius 1 is 1.63 bits per heavy atom. The summed E-state index contributed by atoms with van der Waals surface area (Å²) in [6, 6.07) is -0.0580. The van der Waals surface area contributed by atoms with Crippen LogP contribution in [0.1, 0.15) is 19.2 Å². The standard InChI is InChI=1S/C13H22N4OS/c1-10(19-2)7-15-13(18)16-8-11-3-4-12-14-5-6-17(12)9-11/h5-6,10-11H,3-4,7-9H2,1-2H3,(H2,15,16,18)/t10-,11-/m1/s1. The first-order chi connectivity index (χ1) is 9.19. The van der Waals surface area contributed by atoms with Gasteiger partial charge in [0.05, 0.1) is 0 Å². The fourth-order valence-electron chi connectivity index (χ4n) is 2.22. The van der Waals surface area contributed by atoms with Gasteiger partial charge in [-0.1, -0.05) is 6.92 Å². The number of hydrogen-bond donors (Lipinski definition) is 2. The molecule has 0 radical (unpaired) electrons. The van der Waals surface area contributed by atoms with Crippen LogP contribution < -0.4 is 10.6 Å². The van der Waals surface area contributed by atoms with Gasteiger partial charge in [-0.05, 0) is 18.6 Å². The third kappa shape index (κ3) is 4.16. The highest BCUT2D eigenvalue weighted by Gasteiger charge is 2.19. The molecule has 0 saturated heterocycles. The SMILES string of the molecule is CS[C@H](C)CNC(=O)NC[C@H]1CCc2nccn2C1. The highest BCUT2D eigenvalue weighted by Crippen LogP contribution is 2.17. The maximum atomic E-state index is 11.7. The summed E-state index contributed by atoms with van der Waals surface area (Å²) in [7, 11) is 0. The van der Waals surface area contributed by atoms with Crippen LogP contribution in [0.4, 0.5) is 4.79 Å². The molecule has 0 aromatic carbocycles. The molecule has 2 heterocycles. The third-order valence-corrected chi connectivity index (χ3v) is 4.51. The highest BCUT2D eigenvalue weighted by atomic mass is 32.2. The molecular weight excluding hydrogens is 260 g/mol. The van der Waals surface area contributed by atoms with Gasteiger partial charge in [-0.3, -0.25) is 0 Å². The van der Waals surface area contributed by atoms with Gasteiger partial charge in [0.15, 0.2) is 0 Å². The van der Waals surface area contributed by atoms with E-state index in [0.29, 0.717) is 17.7 Å². The average Bonchev–Trinajstić information content (AvgIpc) is 2.89. The van der Waals surface area contributed by atoms with Gasteiger partial charge in [-0.15, -0.1) is 0 Å². The van der Waals surface area contributed by atoms with Gasteiger partial charge in [0, 0.05) is 43.7 Å². The lowest BCUT2D eigenvalue weighted by Gasteiger charge is -2.24. The van der Waals surface area contributed by atoms with E-state index in [1.807, 2.05) is 12.4 Å². The first-order valence-corrected chi connectivity index (χ1v) is 8.02. The lowest BCUT2D eigenvalue weighted by Crippen LogP contribution is -2.41. The molecule has 2 rings (SSSR count). The van der Waals surface area contributed by atoms with Gasteiger partial charge in [-0.2, -0.15) is 11.8 Å². The summed E-state index contributed by atoms with van der Waals surface area (Å²) in [4.78, 5) is 16.0. The van der Waals surface area contributed by atoms with Gasteiger partial charge in [-0.25, -0.2) is 9.78 Å². The molecule has 0 saturated carbocycles. The number of nitrogens with one attached hydrogen (secondary N) is 2. The van der Waals surface area contributed by atoms with Crippen LogP contribution >= 0.6 is 11.8 Å². The number of thioether (sulfide) groups is 1. The van der Waals surface area contributed by atoms with Crippen LogP contribution in [0.2, 0.25) is 0 Å². The highest BCUT2D eigenvalue weighted by molar-refractivity contribution is 7.99. The van der Waals surface area contributed by atoms with E-state index in [-0.39, 0.29) is 6.03 Å². The van der Waals surface area contributed by atoms with Gasteiger partial charge < -0.3 is 15.2 Å². The number of imidazole rings is 1. The minimum absolute atomic E-state index is 0.0580. The van der Waals surface area contributed by atoms with E-state index in [1.54, 1.807) is 11.8 Å². The zero-order valence-corrected chi connectivity index (χ0v) is 12.4. The van der Waals surface area contributed by atoms with Crippen LogP contribution in [0.3, 0.4) is 0 Å². The van der Waals surface area contributed by atoms with Crippen molar-refractivity contribution in [3.8, 4) is 0 Å². The molecule has 1 aromatic rings. The van der Waals surface area contributed by atoms with Crippen molar-refractivity contribution in [3.63, 3.8) is 0 Å². The topological polar surface area (TPSA) is 59.0 Å². The average molecular weight is 282 g/mol. The third-order valence-electron chi connectivity index (χ3n) is 3.54. The monoisotopic (exact) mass is 282 g/mol. The van der Waals surface area contributed by atoms with E-state index >= 15 is 0 Å². The molecule has 2 atom stereocenters. The summed E-state index contributed by atoms with van der Waals surface area (Å²) in [5, 5.41) is 6.31. The van der Waals surface area contributed by atoms with Crippen LogP contribution in [-0.2, 0) is 13.0 Å². The number of carbonyl (C=O) groups is 1. The normalized spacial score (nSPS) is 19.6. The molecule has 5 nitrogen and oxygen atoms in total. The van der Waals surface area contributed by atoms with Gasteiger partial charge in [0.25, 0.3) is 0 Å². The minimum Gasteiger partial charge on any atom is -0.338 e. The second-order valence-electron chi connectivity index (χ2n) is 5.04. The fourth-order valence-corrected chi connectivity index (χ4v) is 2.47. The molecule has 1 aromatic heterocycles. The summed E-state index contributed by atoms with van der Waals surface area (Å²) in [5.41, 5.74) is 0. The lowest BCUT2D eigenvalue weighted by atomic mass is 9.99. The molecule has 2 amide bonds. The van der Waals surface area contributed by atoms with Crippen molar-refractivity contribution >= 4 is 17.8 Å². The van der Waals surface area contributed by atoms with E-state index in [4.69, 9.17) is 0 Å². The van der Waals surface area contributed by atoms with Gasteiger partial charge in [0.2, 0.25) is 0 Å². The summed E-state index contributed by atoms with van der Waals surface area (Å²) < 4.78 is 2.18. The minimum atomic E-state index is -0.0580. The largest absolute Gasteiger partial charge is 0.338 e. The first kappa shape index (κ1) is 14.2. The Bertz CT molecular complexity index is 421. The molecule has 6 heteroatoms. The van der Waals surface area contributed by atoms with Crippen LogP contribution in [0.25, 0.3) is 0 Å². The second-order valence-corrected chi connectivity index (χ2v) is 6.31. The molecule has 0 unspecified atom stereocenters. The smallest absolute Gasteiger partial charge is 0.314 e. The Hall–Kier alpha value is -1.17. The Balaban J connectivity index is 1.68. The van der Waals surface area contributed by atoms with Crippen molar-refractivity contribution in [2.24, 2.45) is 5.92 Å². The van der Waals surface area contributed by atoms with E-state index in [1.165, 1.54) is 0 Å². The van der Waals surface area contributed by atoms with Crippen molar-refractivity contribution < 1.29 is 4.79 Å². The predicted molar refractivity (Wildman–Crippen MR) is 78.4 cm³/mol. The summed E-state index contributed by atoms with van der Waals surface area (Å²) in [6.45, 7) is 4.50. The van der Waals surface area contributed by atoms with E-state index in [9.17, 15) is 4.79 Å². The number of aromatic nitrogens is 2. The van der Waals surface area contributed by atoms with Gasteiger partial charge >= 0.3 is 6.03 Å². The predicted octanol–water partition coefficient (Wildman–Crippen LogP) is 1.50. The molecule has 2 N–H and O–H groups in total. The van der Waals surface area contributed by atoms with Crippen molar-refractivity contribution in [2.45, 2.75) is 31.6 Å². The van der Waals surface area contributed by atoms with E-state index in [0.717, 1.165) is 31.8 Å². The molecule has 19 heavy (non-hydrogen) atoms. The summed E-state index contributed by atoms with van der Waals surface area (Å²) in [6.07, 6.45) is 8.02. The quantitative estimate of drug-likeness (QED) is 0.860. The Kier molecular flexibility index (Phi) is 5.13. The molecule has 0 aliphatic carbocycles. The molecule has 0 fully saturated rings. The zero-order valence-electron chi connectivity index (χ0n) is 11.6. The Labute approximate surface area is 118 Å². The fraction of sp³-hybridized carbons (Fsp3) is 0.692. The second kappa shape index (κ2) is 6.84. The van der Waals surface area contributed by atoms with E-state index < -0.39 is 0 Å². The molecule has 0 bridgehead atoms. The molecular formula is C13H22N4OS. The number of rotatable bonds is 5. The number of nitrogens with zero attached hydrogens (tertiary/aromatic N) is 2. The van der Waals surface area contributed by atoms with Crippen LogP contribution in [0.5, 0.6) is 0 Å². The summed E-state index contributed by atoms with van der Waals surface area (Å²) >= 11 is 1.75. The summed E-state index contributed by atoms with van der Waals surface area (Å²) in [5.74, 6) is 1.67. The number of hydrogen-bond acceptors (Lipinski definition) is 3. The first-order valence-electron chi connectivity index (χ1n) is 6.73. The lowest BCUT2D eigenvalue weighted by molar-refractivity contribution is 0.236. The number of carbonyl (C=O) groups excluding carboxylic acids is 1.